The van der Waals surface area contributed by atoms with Gasteiger partial charge in [-0.1, -0.05) is 29.8 Å². The van der Waals surface area contributed by atoms with Crippen molar-refractivity contribution in [1.82, 2.24) is 4.90 Å². The zero-order chi connectivity index (χ0) is 20.3. The minimum Gasteiger partial charge on any atom is -0.422 e. The van der Waals surface area contributed by atoms with Crippen molar-refractivity contribution in [2.45, 2.75) is 0 Å². The van der Waals surface area contributed by atoms with Gasteiger partial charge in [0.05, 0.1) is 10.5 Å². The number of nitrogens with zero attached hydrogens (tertiary/aromatic N) is 1. The number of hydrogen-bond donors (Lipinski definition) is 1. The van der Waals surface area contributed by atoms with Gasteiger partial charge < -0.3 is 10.5 Å². The summed E-state index contributed by atoms with van der Waals surface area (Å²) >= 11 is 6.49. The van der Waals surface area contributed by atoms with Crippen molar-refractivity contribution in [3.8, 4) is 5.75 Å². The van der Waals surface area contributed by atoms with Gasteiger partial charge in [0.1, 0.15) is 12.3 Å². The molecule has 2 aromatic carbocycles. The Hall–Kier alpha value is -3.10. The van der Waals surface area contributed by atoms with Crippen molar-refractivity contribution < 1.29 is 23.9 Å². The Morgan fingerprint density at radius 3 is 2.46 bits per heavy atom. The molecular weight excluding hydrogens is 404 g/mol. The maximum atomic E-state index is 12.3. The number of carbonyl (C=O) groups is 4. The second-order valence-electron chi connectivity index (χ2n) is 5.67. The lowest BCUT2D eigenvalue weighted by Gasteiger charge is -2.09. The molecule has 9 heteroatoms. The average molecular weight is 417 g/mol. The Bertz CT molecular complexity index is 1000. The number of rotatable bonds is 5. The molecule has 3 rings (SSSR count). The summed E-state index contributed by atoms with van der Waals surface area (Å²) in [5, 5.41) is -0.102. The number of benzene rings is 2. The fourth-order valence-corrected chi connectivity index (χ4v) is 3.33. The SMILES string of the molecule is NC(=O)CN1C(=O)S/C(=C\c2ccccc2OC(=O)c2ccc(Cl)cc2)C1=O. The summed E-state index contributed by atoms with van der Waals surface area (Å²) < 4.78 is 5.42. The monoisotopic (exact) mass is 416 g/mol. The molecule has 0 saturated carbocycles. The number of thioether (sulfide) groups is 1. The molecule has 1 aliphatic rings. The summed E-state index contributed by atoms with van der Waals surface area (Å²) in [7, 11) is 0. The normalized spacial score (nSPS) is 15.2. The molecule has 0 atom stereocenters. The minimum atomic E-state index is -0.791. The maximum Gasteiger partial charge on any atom is 0.343 e. The van der Waals surface area contributed by atoms with Crippen LogP contribution in [0.5, 0.6) is 5.75 Å². The smallest absolute Gasteiger partial charge is 0.343 e. The number of carbonyl (C=O) groups excluding carboxylic acids is 4. The second-order valence-corrected chi connectivity index (χ2v) is 7.10. The van der Waals surface area contributed by atoms with Crippen LogP contribution in [0.25, 0.3) is 6.08 Å². The van der Waals surface area contributed by atoms with Crippen molar-refractivity contribution in [2.75, 3.05) is 6.54 Å². The van der Waals surface area contributed by atoms with Crippen LogP contribution in [0.2, 0.25) is 5.02 Å². The topological polar surface area (TPSA) is 107 Å². The summed E-state index contributed by atoms with van der Waals surface area (Å²) in [6.07, 6.45) is 1.43. The van der Waals surface area contributed by atoms with Crippen LogP contribution in [0.4, 0.5) is 4.79 Å². The quantitative estimate of drug-likeness (QED) is 0.456. The highest BCUT2D eigenvalue weighted by molar-refractivity contribution is 8.18. The van der Waals surface area contributed by atoms with Gasteiger partial charge in [-0.3, -0.25) is 19.3 Å². The van der Waals surface area contributed by atoms with Crippen molar-refractivity contribution in [3.05, 3.63) is 69.6 Å². The highest BCUT2D eigenvalue weighted by Gasteiger charge is 2.36. The number of halogens is 1. The highest BCUT2D eigenvalue weighted by Crippen LogP contribution is 2.33. The predicted molar refractivity (Wildman–Crippen MR) is 105 cm³/mol. The lowest BCUT2D eigenvalue weighted by Crippen LogP contribution is -2.36. The molecule has 7 nitrogen and oxygen atoms in total. The molecule has 3 amide bonds. The summed E-state index contributed by atoms with van der Waals surface area (Å²) in [6, 6.07) is 12.8. The predicted octanol–water partition coefficient (Wildman–Crippen LogP) is 3.08. The van der Waals surface area contributed by atoms with Crippen LogP contribution < -0.4 is 10.5 Å². The van der Waals surface area contributed by atoms with Crippen LogP contribution >= 0.6 is 23.4 Å². The van der Waals surface area contributed by atoms with E-state index >= 15 is 0 Å². The molecule has 2 aromatic rings. The minimum absolute atomic E-state index is 0.0984. The fraction of sp³-hybridized carbons (Fsp3) is 0.0526. The number of imide groups is 1. The van der Waals surface area contributed by atoms with E-state index in [0.717, 1.165) is 4.90 Å². The summed E-state index contributed by atoms with van der Waals surface area (Å²) in [4.78, 5) is 48.5. The molecule has 1 fully saturated rings. The van der Waals surface area contributed by atoms with Gasteiger partial charge in [0.25, 0.3) is 11.1 Å². The Morgan fingerprint density at radius 2 is 1.79 bits per heavy atom. The third-order valence-electron chi connectivity index (χ3n) is 3.68. The first kappa shape index (κ1) is 19.7. The van der Waals surface area contributed by atoms with Gasteiger partial charge >= 0.3 is 5.97 Å². The molecule has 28 heavy (non-hydrogen) atoms. The zero-order valence-corrected chi connectivity index (χ0v) is 15.8. The summed E-state index contributed by atoms with van der Waals surface area (Å²) in [5.74, 6) is -1.81. The maximum absolute atomic E-state index is 12.3. The zero-order valence-electron chi connectivity index (χ0n) is 14.3. The molecule has 1 aliphatic heterocycles. The molecule has 0 aromatic heterocycles. The molecule has 0 spiro atoms. The lowest BCUT2D eigenvalue weighted by atomic mass is 10.1. The summed E-state index contributed by atoms with van der Waals surface area (Å²) in [5.41, 5.74) is 5.79. The molecule has 0 bridgehead atoms. The Balaban J connectivity index is 1.84. The average Bonchev–Trinajstić information content (AvgIpc) is 2.91. The second kappa shape index (κ2) is 8.28. The van der Waals surface area contributed by atoms with E-state index in [4.69, 9.17) is 22.1 Å². The Labute approximate surface area is 169 Å². The Kier molecular flexibility index (Phi) is 5.81. The molecular formula is C19H13ClN2O5S. The number of amides is 3. The molecule has 2 N–H and O–H groups in total. The largest absolute Gasteiger partial charge is 0.422 e. The Morgan fingerprint density at radius 1 is 1.11 bits per heavy atom. The molecule has 0 aliphatic carbocycles. The van der Waals surface area contributed by atoms with Crippen molar-refractivity contribution in [3.63, 3.8) is 0 Å². The van der Waals surface area contributed by atoms with Gasteiger partial charge in [-0.2, -0.15) is 0 Å². The van der Waals surface area contributed by atoms with Crippen molar-refractivity contribution in [2.24, 2.45) is 5.73 Å². The van der Waals surface area contributed by atoms with E-state index in [1.807, 2.05) is 0 Å². The van der Waals surface area contributed by atoms with Crippen LogP contribution in [-0.2, 0) is 9.59 Å². The lowest BCUT2D eigenvalue weighted by molar-refractivity contribution is -0.127. The van der Waals surface area contributed by atoms with E-state index in [1.54, 1.807) is 36.4 Å². The molecule has 0 unspecified atom stereocenters. The third-order valence-corrected chi connectivity index (χ3v) is 4.84. The number of hydrogen-bond acceptors (Lipinski definition) is 6. The van der Waals surface area contributed by atoms with Crippen LogP contribution in [0.1, 0.15) is 15.9 Å². The van der Waals surface area contributed by atoms with Crippen LogP contribution in [0, 0.1) is 0 Å². The highest BCUT2D eigenvalue weighted by atomic mass is 35.5. The molecule has 142 valence electrons. The van der Waals surface area contributed by atoms with Gasteiger partial charge in [0.2, 0.25) is 5.91 Å². The van der Waals surface area contributed by atoms with Gasteiger partial charge in [0.15, 0.2) is 0 Å². The summed E-state index contributed by atoms with van der Waals surface area (Å²) in [6.45, 7) is -0.491. The van der Waals surface area contributed by atoms with E-state index in [2.05, 4.69) is 0 Å². The number of esters is 1. The van der Waals surface area contributed by atoms with Crippen LogP contribution in [0.15, 0.2) is 53.4 Å². The van der Waals surface area contributed by atoms with Gasteiger partial charge in [-0.15, -0.1) is 0 Å². The van der Waals surface area contributed by atoms with Gasteiger partial charge in [-0.25, -0.2) is 4.79 Å². The van der Waals surface area contributed by atoms with Crippen LogP contribution in [-0.4, -0.2) is 34.5 Å². The van der Waals surface area contributed by atoms with E-state index in [1.165, 1.54) is 18.2 Å². The van der Waals surface area contributed by atoms with E-state index in [-0.39, 0.29) is 10.7 Å². The molecule has 1 saturated heterocycles. The number of nitrogens with two attached hydrogens (primary N) is 1. The van der Waals surface area contributed by atoms with E-state index in [9.17, 15) is 19.2 Å². The standard InChI is InChI=1S/C19H13ClN2O5S/c20-13-7-5-11(6-8-13)18(25)27-14-4-2-1-3-12(14)9-15-17(24)22(10-16(21)23)19(26)28-15/h1-9H,10H2,(H2,21,23)/b15-9-. The number of primary amides is 1. The van der Waals surface area contributed by atoms with Gasteiger partial charge in [-0.05, 0) is 48.2 Å². The first-order chi connectivity index (χ1) is 13.3. The van der Waals surface area contributed by atoms with E-state index in [0.29, 0.717) is 27.9 Å². The van der Waals surface area contributed by atoms with Crippen molar-refractivity contribution in [1.29, 1.82) is 0 Å². The molecule has 0 radical (unpaired) electrons. The van der Waals surface area contributed by atoms with E-state index < -0.39 is 29.6 Å². The third kappa shape index (κ3) is 4.41. The number of para-hydroxylation sites is 1. The van der Waals surface area contributed by atoms with Crippen LogP contribution in [0.3, 0.4) is 0 Å². The number of ether oxygens (including phenoxy) is 1. The van der Waals surface area contributed by atoms with Gasteiger partial charge in [0, 0.05) is 10.6 Å². The first-order valence-corrected chi connectivity index (χ1v) is 9.15. The fourth-order valence-electron chi connectivity index (χ4n) is 2.37. The first-order valence-electron chi connectivity index (χ1n) is 7.95. The molecule has 1 heterocycles. The van der Waals surface area contributed by atoms with Crippen molar-refractivity contribution >= 4 is 52.5 Å².